The molecule has 0 saturated carbocycles. The van der Waals surface area contributed by atoms with Crippen molar-refractivity contribution in [2.24, 2.45) is 10.7 Å². The maximum Gasteiger partial charge on any atom is 0.188 e. The molecule has 0 aliphatic carbocycles. The lowest BCUT2D eigenvalue weighted by molar-refractivity contribution is 0.354. The van der Waals surface area contributed by atoms with Crippen molar-refractivity contribution in [1.29, 1.82) is 0 Å². The van der Waals surface area contributed by atoms with Crippen LogP contribution in [0.1, 0.15) is 38.2 Å². The summed E-state index contributed by atoms with van der Waals surface area (Å²) < 4.78 is 11.5. The van der Waals surface area contributed by atoms with Crippen LogP contribution in [0.4, 0.5) is 0 Å². The lowest BCUT2D eigenvalue weighted by Gasteiger charge is -2.11. The molecule has 0 aliphatic heterocycles. The number of unbranched alkanes of at least 4 members (excludes halogenated alkanes) is 3. The molecule has 0 spiro atoms. The van der Waals surface area contributed by atoms with Gasteiger partial charge in [0.2, 0.25) is 0 Å². The zero-order chi connectivity index (χ0) is 16.4. The van der Waals surface area contributed by atoms with Crippen molar-refractivity contribution >= 4 is 45.9 Å². The fraction of sp³-hybridized carbons (Fsp3) is 0.562. The molecular formula is C16H27BrIN3O2. The zero-order valence-corrected chi connectivity index (χ0v) is 17.9. The largest absolute Gasteiger partial charge is 0.493 e. The third-order valence-electron chi connectivity index (χ3n) is 3.31. The summed E-state index contributed by atoms with van der Waals surface area (Å²) >= 11 is 3.52. The Morgan fingerprint density at radius 3 is 2.43 bits per heavy atom. The standard InChI is InChI=1S/C16H26BrN3O2.HI/c1-4-5-6-7-8-19-16(18)20-11-12-9-14(21-2)15(22-3)10-13(12)17;/h9-10H,4-8,11H2,1-3H3,(H3,18,19,20);1H. The number of nitrogens with zero attached hydrogens (tertiary/aromatic N) is 1. The molecule has 0 saturated heterocycles. The summed E-state index contributed by atoms with van der Waals surface area (Å²) in [5, 5.41) is 3.14. The molecule has 7 heteroatoms. The van der Waals surface area contributed by atoms with Crippen LogP contribution < -0.4 is 20.5 Å². The predicted octanol–water partition coefficient (Wildman–Crippen LogP) is 4.07. The van der Waals surface area contributed by atoms with E-state index in [1.807, 2.05) is 12.1 Å². The van der Waals surface area contributed by atoms with Crippen LogP contribution in [-0.2, 0) is 6.54 Å². The van der Waals surface area contributed by atoms with E-state index >= 15 is 0 Å². The van der Waals surface area contributed by atoms with E-state index in [2.05, 4.69) is 33.2 Å². The van der Waals surface area contributed by atoms with Crippen LogP contribution in [0, 0.1) is 0 Å². The molecule has 1 rings (SSSR count). The highest BCUT2D eigenvalue weighted by Gasteiger charge is 2.09. The Hall–Kier alpha value is -0.700. The highest BCUT2D eigenvalue weighted by molar-refractivity contribution is 14.0. The summed E-state index contributed by atoms with van der Waals surface area (Å²) in [6, 6.07) is 3.78. The minimum absolute atomic E-state index is 0. The molecular weight excluding hydrogens is 473 g/mol. The van der Waals surface area contributed by atoms with E-state index in [1.165, 1.54) is 19.3 Å². The van der Waals surface area contributed by atoms with Crippen molar-refractivity contribution in [1.82, 2.24) is 5.32 Å². The number of rotatable bonds is 9. The molecule has 23 heavy (non-hydrogen) atoms. The molecule has 0 unspecified atom stereocenters. The van der Waals surface area contributed by atoms with E-state index < -0.39 is 0 Å². The van der Waals surface area contributed by atoms with Gasteiger partial charge in [0.05, 0.1) is 20.8 Å². The van der Waals surface area contributed by atoms with Gasteiger partial charge in [0.25, 0.3) is 0 Å². The van der Waals surface area contributed by atoms with E-state index in [9.17, 15) is 0 Å². The van der Waals surface area contributed by atoms with Crippen molar-refractivity contribution in [3.05, 3.63) is 22.2 Å². The van der Waals surface area contributed by atoms with Gasteiger partial charge in [0.15, 0.2) is 17.5 Å². The number of nitrogens with one attached hydrogen (secondary N) is 1. The molecule has 0 bridgehead atoms. The van der Waals surface area contributed by atoms with Gasteiger partial charge in [-0.05, 0) is 24.1 Å². The summed E-state index contributed by atoms with van der Waals surface area (Å²) in [5.74, 6) is 1.84. The van der Waals surface area contributed by atoms with E-state index in [0.717, 1.165) is 23.0 Å². The van der Waals surface area contributed by atoms with Gasteiger partial charge in [-0.3, -0.25) is 0 Å². The maximum absolute atomic E-state index is 5.88. The van der Waals surface area contributed by atoms with Gasteiger partial charge >= 0.3 is 0 Å². The minimum atomic E-state index is 0. The van der Waals surface area contributed by atoms with Crippen LogP contribution in [0.3, 0.4) is 0 Å². The number of nitrogens with two attached hydrogens (primary N) is 1. The molecule has 132 valence electrons. The highest BCUT2D eigenvalue weighted by Crippen LogP contribution is 2.33. The molecule has 0 amide bonds. The first-order chi connectivity index (χ1) is 10.6. The SMILES string of the molecule is CCCCCCNC(N)=NCc1cc(OC)c(OC)cc1Br.I. The van der Waals surface area contributed by atoms with Crippen molar-refractivity contribution in [3.8, 4) is 11.5 Å². The van der Waals surface area contributed by atoms with E-state index in [-0.39, 0.29) is 24.0 Å². The first-order valence-corrected chi connectivity index (χ1v) is 8.35. The topological polar surface area (TPSA) is 68.9 Å². The van der Waals surface area contributed by atoms with Gasteiger partial charge in [-0.1, -0.05) is 42.1 Å². The molecule has 0 heterocycles. The molecule has 0 atom stereocenters. The van der Waals surface area contributed by atoms with Gasteiger partial charge in [0, 0.05) is 11.0 Å². The van der Waals surface area contributed by atoms with Gasteiger partial charge in [-0.15, -0.1) is 24.0 Å². The number of benzene rings is 1. The molecule has 5 nitrogen and oxygen atoms in total. The van der Waals surface area contributed by atoms with Crippen LogP contribution >= 0.6 is 39.9 Å². The van der Waals surface area contributed by atoms with Crippen molar-refractivity contribution in [2.75, 3.05) is 20.8 Å². The normalized spacial score (nSPS) is 10.9. The lowest BCUT2D eigenvalue weighted by Crippen LogP contribution is -2.32. The third-order valence-corrected chi connectivity index (χ3v) is 4.05. The highest BCUT2D eigenvalue weighted by atomic mass is 127. The second-order valence-corrected chi connectivity index (χ2v) is 5.84. The van der Waals surface area contributed by atoms with E-state index in [1.54, 1.807) is 14.2 Å². The number of hydrogen-bond donors (Lipinski definition) is 2. The Bertz CT molecular complexity index is 498. The summed E-state index contributed by atoms with van der Waals surface area (Å²) in [4.78, 5) is 4.36. The Morgan fingerprint density at radius 1 is 1.17 bits per heavy atom. The second-order valence-electron chi connectivity index (χ2n) is 4.99. The number of halogens is 2. The van der Waals surface area contributed by atoms with Gasteiger partial charge in [-0.2, -0.15) is 0 Å². The average molecular weight is 500 g/mol. The van der Waals surface area contributed by atoms with Crippen LogP contribution in [0.25, 0.3) is 0 Å². The summed E-state index contributed by atoms with van der Waals surface area (Å²) in [6.07, 6.45) is 4.83. The summed E-state index contributed by atoms with van der Waals surface area (Å²) in [7, 11) is 3.23. The first-order valence-electron chi connectivity index (χ1n) is 7.56. The lowest BCUT2D eigenvalue weighted by atomic mass is 10.2. The van der Waals surface area contributed by atoms with Crippen molar-refractivity contribution in [2.45, 2.75) is 39.2 Å². The smallest absolute Gasteiger partial charge is 0.188 e. The first kappa shape index (κ1) is 22.3. The minimum Gasteiger partial charge on any atom is -0.493 e. The fourth-order valence-electron chi connectivity index (χ4n) is 2.01. The summed E-state index contributed by atoms with van der Waals surface area (Å²) in [6.45, 7) is 3.54. The van der Waals surface area contributed by atoms with E-state index in [0.29, 0.717) is 24.0 Å². The van der Waals surface area contributed by atoms with Crippen molar-refractivity contribution in [3.63, 3.8) is 0 Å². The van der Waals surface area contributed by atoms with Gasteiger partial charge in [-0.25, -0.2) is 4.99 Å². The molecule has 1 aromatic carbocycles. The average Bonchev–Trinajstić information content (AvgIpc) is 2.53. The number of guanidine groups is 1. The molecule has 1 aromatic rings. The molecule has 0 aliphatic rings. The Morgan fingerprint density at radius 2 is 1.83 bits per heavy atom. The van der Waals surface area contributed by atoms with Crippen LogP contribution in [0.2, 0.25) is 0 Å². The van der Waals surface area contributed by atoms with Crippen LogP contribution in [0.15, 0.2) is 21.6 Å². The predicted molar refractivity (Wildman–Crippen MR) is 110 cm³/mol. The monoisotopic (exact) mass is 499 g/mol. The van der Waals surface area contributed by atoms with Gasteiger partial charge < -0.3 is 20.5 Å². The second kappa shape index (κ2) is 12.7. The molecule has 0 fully saturated rings. The van der Waals surface area contributed by atoms with Crippen LogP contribution in [0.5, 0.6) is 11.5 Å². The molecule has 3 N–H and O–H groups in total. The Balaban J connectivity index is 0.00000484. The number of aliphatic imine (C=N–C) groups is 1. The molecule has 0 aromatic heterocycles. The zero-order valence-electron chi connectivity index (χ0n) is 14.0. The Kier molecular flexibility index (Phi) is 12.3. The van der Waals surface area contributed by atoms with Crippen LogP contribution in [-0.4, -0.2) is 26.7 Å². The fourth-order valence-corrected chi connectivity index (χ4v) is 2.46. The van der Waals surface area contributed by atoms with E-state index in [4.69, 9.17) is 15.2 Å². The number of ether oxygens (including phenoxy) is 2. The Labute approximate surface area is 164 Å². The molecule has 0 radical (unpaired) electrons. The third kappa shape index (κ3) is 8.10. The van der Waals surface area contributed by atoms with Crippen molar-refractivity contribution < 1.29 is 9.47 Å². The van der Waals surface area contributed by atoms with Gasteiger partial charge in [0.1, 0.15) is 0 Å². The number of methoxy groups -OCH3 is 2. The summed E-state index contributed by atoms with van der Waals surface area (Å²) in [5.41, 5.74) is 6.87. The quantitative estimate of drug-likeness (QED) is 0.232. The number of hydrogen-bond acceptors (Lipinski definition) is 3. The maximum atomic E-state index is 5.88.